The van der Waals surface area contributed by atoms with Crippen LogP contribution in [0.15, 0.2) is 42.5 Å². The van der Waals surface area contributed by atoms with Gasteiger partial charge in [0.1, 0.15) is 24.0 Å². The van der Waals surface area contributed by atoms with Crippen LogP contribution in [-0.4, -0.2) is 5.78 Å². The average Bonchev–Trinajstić information content (AvgIpc) is 2.52. The molecule has 112 valence electrons. The van der Waals surface area contributed by atoms with E-state index in [4.69, 9.17) is 10.00 Å². The van der Waals surface area contributed by atoms with Crippen molar-refractivity contribution < 1.29 is 13.9 Å². The summed E-state index contributed by atoms with van der Waals surface area (Å²) < 4.78 is 19.3. The van der Waals surface area contributed by atoms with Crippen molar-refractivity contribution in [2.45, 2.75) is 26.4 Å². The van der Waals surface area contributed by atoms with Crippen molar-refractivity contribution in [2.75, 3.05) is 0 Å². The molecule has 3 nitrogen and oxygen atoms in total. The van der Waals surface area contributed by atoms with Gasteiger partial charge < -0.3 is 9.53 Å². The number of benzene rings is 2. The average molecular weight is 297 g/mol. The van der Waals surface area contributed by atoms with E-state index in [1.54, 1.807) is 31.2 Å². The third kappa shape index (κ3) is 4.42. The van der Waals surface area contributed by atoms with Gasteiger partial charge in [0.2, 0.25) is 0 Å². The molecule has 0 saturated heterocycles. The fraction of sp³-hybridized carbons (Fsp3) is 0.222. The number of carbonyl (C=O) groups is 1. The molecule has 4 heteroatoms. The lowest BCUT2D eigenvalue weighted by atomic mass is 10.1. The second-order valence-corrected chi connectivity index (χ2v) is 5.05. The van der Waals surface area contributed by atoms with E-state index in [0.717, 1.165) is 5.56 Å². The van der Waals surface area contributed by atoms with Gasteiger partial charge in [-0.2, -0.15) is 5.26 Å². The van der Waals surface area contributed by atoms with Gasteiger partial charge in [0, 0.05) is 12.0 Å². The Labute approximate surface area is 129 Å². The standard InChI is InChI=1S/C18H16FNO2/c1-13(21)2-3-14-5-8-17(9-6-14)22-12-16-7-4-15(11-20)10-18(16)19/h4-10H,2-3,12H2,1H3. The maximum Gasteiger partial charge on any atom is 0.131 e. The van der Waals surface area contributed by atoms with Crippen molar-refractivity contribution in [1.82, 2.24) is 0 Å². The molecule has 0 unspecified atom stereocenters. The van der Waals surface area contributed by atoms with E-state index in [9.17, 15) is 9.18 Å². The van der Waals surface area contributed by atoms with Gasteiger partial charge in [0.15, 0.2) is 0 Å². The van der Waals surface area contributed by atoms with E-state index >= 15 is 0 Å². The molecule has 0 aliphatic rings. The van der Waals surface area contributed by atoms with Crippen molar-refractivity contribution in [3.05, 3.63) is 65.0 Å². The molecule has 2 aromatic carbocycles. The summed E-state index contributed by atoms with van der Waals surface area (Å²) in [5.41, 5.74) is 1.75. The topological polar surface area (TPSA) is 50.1 Å². The van der Waals surface area contributed by atoms with Gasteiger partial charge in [-0.15, -0.1) is 0 Å². The lowest BCUT2D eigenvalue weighted by Crippen LogP contribution is -1.99. The lowest BCUT2D eigenvalue weighted by molar-refractivity contribution is -0.116. The van der Waals surface area contributed by atoms with Crippen LogP contribution in [0.3, 0.4) is 0 Å². The van der Waals surface area contributed by atoms with E-state index in [1.807, 2.05) is 18.2 Å². The number of ketones is 1. The number of halogens is 1. The second-order valence-electron chi connectivity index (χ2n) is 5.05. The Morgan fingerprint density at radius 2 is 1.95 bits per heavy atom. The van der Waals surface area contributed by atoms with Crippen molar-refractivity contribution in [1.29, 1.82) is 5.26 Å². The molecule has 0 saturated carbocycles. The predicted octanol–water partition coefficient (Wildman–Crippen LogP) is 3.80. The fourth-order valence-electron chi connectivity index (χ4n) is 1.97. The van der Waals surface area contributed by atoms with Crippen LogP contribution in [0.1, 0.15) is 30.0 Å². The summed E-state index contributed by atoms with van der Waals surface area (Å²) in [6.07, 6.45) is 1.23. The molecule has 0 amide bonds. The first-order chi connectivity index (χ1) is 10.6. The van der Waals surface area contributed by atoms with E-state index in [2.05, 4.69) is 0 Å². The molecule has 0 bridgehead atoms. The summed E-state index contributed by atoms with van der Waals surface area (Å²) in [4.78, 5) is 10.9. The van der Waals surface area contributed by atoms with E-state index in [0.29, 0.717) is 24.2 Å². The summed E-state index contributed by atoms with van der Waals surface area (Å²) in [6.45, 7) is 1.67. The first-order valence-electron chi connectivity index (χ1n) is 6.98. The highest BCUT2D eigenvalue weighted by Gasteiger charge is 2.05. The molecule has 0 atom stereocenters. The number of ether oxygens (including phenoxy) is 1. The maximum atomic E-state index is 13.7. The third-order valence-corrected chi connectivity index (χ3v) is 3.27. The largest absolute Gasteiger partial charge is 0.489 e. The molecule has 2 rings (SSSR count). The molecule has 0 fully saturated rings. The predicted molar refractivity (Wildman–Crippen MR) is 80.9 cm³/mol. The number of hydrogen-bond acceptors (Lipinski definition) is 3. The molecule has 22 heavy (non-hydrogen) atoms. The van der Waals surface area contributed by atoms with Crippen molar-refractivity contribution >= 4 is 5.78 Å². The molecule has 0 heterocycles. The lowest BCUT2D eigenvalue weighted by Gasteiger charge is -2.08. The number of aryl methyl sites for hydroxylation is 1. The van der Waals surface area contributed by atoms with Crippen LogP contribution in [0.25, 0.3) is 0 Å². The normalized spacial score (nSPS) is 10.0. The SMILES string of the molecule is CC(=O)CCc1ccc(OCc2ccc(C#N)cc2F)cc1. The van der Waals surface area contributed by atoms with Crippen LogP contribution in [0.4, 0.5) is 4.39 Å². The van der Waals surface area contributed by atoms with Gasteiger partial charge in [0.25, 0.3) is 0 Å². The highest BCUT2D eigenvalue weighted by atomic mass is 19.1. The Morgan fingerprint density at radius 3 is 2.55 bits per heavy atom. The summed E-state index contributed by atoms with van der Waals surface area (Å²) in [7, 11) is 0. The number of carbonyl (C=O) groups excluding carboxylic acids is 1. The molecular weight excluding hydrogens is 281 g/mol. The molecule has 0 N–H and O–H groups in total. The van der Waals surface area contributed by atoms with Crippen LogP contribution >= 0.6 is 0 Å². The monoisotopic (exact) mass is 297 g/mol. The van der Waals surface area contributed by atoms with Crippen LogP contribution < -0.4 is 4.74 Å². The van der Waals surface area contributed by atoms with E-state index in [-0.39, 0.29) is 18.0 Å². The smallest absolute Gasteiger partial charge is 0.131 e. The summed E-state index contributed by atoms with van der Waals surface area (Å²) in [5.74, 6) is 0.351. The molecule has 0 spiro atoms. The van der Waals surface area contributed by atoms with Gasteiger partial charge in [-0.25, -0.2) is 4.39 Å². The van der Waals surface area contributed by atoms with Crippen molar-refractivity contribution in [2.24, 2.45) is 0 Å². The van der Waals surface area contributed by atoms with Crippen molar-refractivity contribution in [3.63, 3.8) is 0 Å². The number of hydrogen-bond donors (Lipinski definition) is 0. The number of rotatable bonds is 6. The van der Waals surface area contributed by atoms with Crippen molar-refractivity contribution in [3.8, 4) is 11.8 Å². The third-order valence-electron chi connectivity index (χ3n) is 3.27. The van der Waals surface area contributed by atoms with Crippen LogP contribution in [0.5, 0.6) is 5.75 Å². The zero-order valence-electron chi connectivity index (χ0n) is 12.3. The summed E-state index contributed by atoms with van der Waals surface area (Å²) >= 11 is 0. The van der Waals surface area contributed by atoms with Gasteiger partial charge in [-0.3, -0.25) is 0 Å². The minimum atomic E-state index is -0.447. The number of nitriles is 1. The van der Waals surface area contributed by atoms with Gasteiger partial charge >= 0.3 is 0 Å². The zero-order valence-corrected chi connectivity index (χ0v) is 12.3. The van der Waals surface area contributed by atoms with Crippen LogP contribution in [0, 0.1) is 17.1 Å². The van der Waals surface area contributed by atoms with Crippen LogP contribution in [-0.2, 0) is 17.8 Å². The number of Topliss-reactive ketones (excluding diaryl/α,β-unsaturated/α-hetero) is 1. The Balaban J connectivity index is 1.94. The minimum absolute atomic E-state index is 0.102. The Hall–Kier alpha value is -2.67. The highest BCUT2D eigenvalue weighted by molar-refractivity contribution is 5.75. The van der Waals surface area contributed by atoms with Crippen LogP contribution in [0.2, 0.25) is 0 Å². The maximum absolute atomic E-state index is 13.7. The van der Waals surface area contributed by atoms with E-state index < -0.39 is 5.82 Å². The molecule has 0 aliphatic carbocycles. The van der Waals surface area contributed by atoms with Gasteiger partial charge in [-0.1, -0.05) is 18.2 Å². The second kappa shape index (κ2) is 7.37. The fourth-order valence-corrected chi connectivity index (χ4v) is 1.97. The van der Waals surface area contributed by atoms with Gasteiger partial charge in [-0.05, 0) is 43.2 Å². The van der Waals surface area contributed by atoms with Gasteiger partial charge in [0.05, 0.1) is 11.6 Å². The molecule has 2 aromatic rings. The van der Waals surface area contributed by atoms with E-state index in [1.165, 1.54) is 6.07 Å². The minimum Gasteiger partial charge on any atom is -0.489 e. The first-order valence-corrected chi connectivity index (χ1v) is 6.98. The Morgan fingerprint density at radius 1 is 1.23 bits per heavy atom. The zero-order chi connectivity index (χ0) is 15.9. The molecule has 0 aliphatic heterocycles. The highest BCUT2D eigenvalue weighted by Crippen LogP contribution is 2.17. The molecule has 0 radical (unpaired) electrons. The summed E-state index contributed by atoms with van der Waals surface area (Å²) in [5, 5.41) is 8.70. The first kappa shape index (κ1) is 15.7. The Kier molecular flexibility index (Phi) is 5.26. The molecule has 0 aromatic heterocycles. The molecular formula is C18H16FNO2. The number of nitrogens with zero attached hydrogens (tertiary/aromatic N) is 1. The summed E-state index contributed by atoms with van der Waals surface area (Å²) in [6, 6.07) is 13.6. The quantitative estimate of drug-likeness (QED) is 0.815. The Bertz CT molecular complexity index is 702.